The largest absolute Gasteiger partial charge is 0.468 e. The maximum atomic E-state index is 11.5. The molecule has 0 aromatic heterocycles. The second-order valence-electron chi connectivity index (χ2n) is 4.40. The minimum absolute atomic E-state index is 0.226. The Bertz CT molecular complexity index is 212. The third kappa shape index (κ3) is 10.9. The van der Waals surface area contributed by atoms with Crippen LogP contribution in [0, 0.1) is 0 Å². The maximum Gasteiger partial charge on any atom is 0.322 e. The predicted octanol–water partition coefficient (Wildman–Crippen LogP) is 1.75. The summed E-state index contributed by atoms with van der Waals surface area (Å²) in [6, 6.07) is -0.272. The van der Waals surface area contributed by atoms with Crippen LogP contribution in [0.15, 0.2) is 0 Å². The number of esters is 1. The fourth-order valence-electron chi connectivity index (χ4n) is 1.53. The summed E-state index contributed by atoms with van der Waals surface area (Å²) in [7, 11) is 1.41. The van der Waals surface area contributed by atoms with Crippen LogP contribution in [0.4, 0.5) is 0 Å². The van der Waals surface area contributed by atoms with E-state index in [0.29, 0.717) is 26.2 Å². The minimum Gasteiger partial charge on any atom is -0.468 e. The Morgan fingerprint density at radius 1 is 1.05 bits per heavy atom. The number of carbonyl (C=O) groups excluding carboxylic acids is 1. The molecule has 0 radical (unpaired) electrons. The molecule has 0 aliphatic heterocycles. The molecule has 5 heteroatoms. The maximum absolute atomic E-state index is 11.5. The fourth-order valence-corrected chi connectivity index (χ4v) is 1.53. The average Bonchev–Trinajstić information content (AvgIpc) is 2.44. The van der Waals surface area contributed by atoms with E-state index in [1.807, 2.05) is 0 Å². The number of nitrogens with one attached hydrogen (secondary N) is 1. The molecule has 1 unspecified atom stereocenters. The molecule has 0 saturated carbocycles. The zero-order chi connectivity index (χ0) is 14.3. The highest BCUT2D eigenvalue weighted by molar-refractivity contribution is 5.75. The van der Waals surface area contributed by atoms with E-state index in [0.717, 1.165) is 32.4 Å². The second-order valence-corrected chi connectivity index (χ2v) is 4.40. The Kier molecular flexibility index (Phi) is 13.3. The van der Waals surface area contributed by atoms with Gasteiger partial charge in [0.05, 0.1) is 20.3 Å². The summed E-state index contributed by atoms with van der Waals surface area (Å²) in [6.45, 7) is 7.52. The van der Waals surface area contributed by atoms with Gasteiger partial charge in [0.15, 0.2) is 0 Å². The molecule has 0 rings (SSSR count). The molecule has 0 spiro atoms. The van der Waals surface area contributed by atoms with Crippen molar-refractivity contribution in [1.29, 1.82) is 0 Å². The van der Waals surface area contributed by atoms with E-state index >= 15 is 0 Å². The smallest absolute Gasteiger partial charge is 0.322 e. The van der Waals surface area contributed by atoms with Crippen LogP contribution in [-0.4, -0.2) is 52.1 Å². The van der Waals surface area contributed by atoms with Crippen molar-refractivity contribution in [3.05, 3.63) is 0 Å². The Morgan fingerprint density at radius 2 is 1.74 bits per heavy atom. The molecule has 0 saturated heterocycles. The molecule has 0 heterocycles. The molecule has 5 nitrogen and oxygen atoms in total. The van der Waals surface area contributed by atoms with Gasteiger partial charge in [0.25, 0.3) is 0 Å². The number of ether oxygens (including phenoxy) is 3. The molecular formula is C14H29NO4. The van der Waals surface area contributed by atoms with E-state index in [-0.39, 0.29) is 12.0 Å². The molecule has 1 atom stereocenters. The third-order valence-electron chi connectivity index (χ3n) is 2.69. The van der Waals surface area contributed by atoms with Crippen molar-refractivity contribution in [2.24, 2.45) is 0 Å². The molecule has 114 valence electrons. The molecule has 0 fully saturated rings. The van der Waals surface area contributed by atoms with Crippen LogP contribution < -0.4 is 5.32 Å². The van der Waals surface area contributed by atoms with Gasteiger partial charge in [0, 0.05) is 13.2 Å². The fraction of sp³-hybridized carbons (Fsp3) is 0.929. The van der Waals surface area contributed by atoms with Crippen molar-refractivity contribution in [2.45, 2.75) is 45.6 Å². The summed E-state index contributed by atoms with van der Waals surface area (Å²) in [5.41, 5.74) is 0. The first-order valence-corrected chi connectivity index (χ1v) is 7.22. The molecule has 0 aromatic carbocycles. The topological polar surface area (TPSA) is 56.8 Å². The van der Waals surface area contributed by atoms with E-state index in [2.05, 4.69) is 19.2 Å². The second kappa shape index (κ2) is 13.8. The Labute approximate surface area is 117 Å². The lowest BCUT2D eigenvalue weighted by molar-refractivity contribution is -0.143. The highest BCUT2D eigenvalue weighted by Gasteiger charge is 2.17. The van der Waals surface area contributed by atoms with Crippen molar-refractivity contribution in [2.75, 3.05) is 40.1 Å². The van der Waals surface area contributed by atoms with Crippen molar-refractivity contribution >= 4 is 5.97 Å². The van der Waals surface area contributed by atoms with Crippen molar-refractivity contribution in [3.8, 4) is 0 Å². The average molecular weight is 275 g/mol. The first-order valence-electron chi connectivity index (χ1n) is 7.22. The van der Waals surface area contributed by atoms with Crippen molar-refractivity contribution in [3.63, 3.8) is 0 Å². The third-order valence-corrected chi connectivity index (χ3v) is 2.69. The zero-order valence-corrected chi connectivity index (χ0v) is 12.6. The van der Waals surface area contributed by atoms with Gasteiger partial charge < -0.3 is 19.5 Å². The lowest BCUT2D eigenvalue weighted by Gasteiger charge is -2.16. The Morgan fingerprint density at radius 3 is 2.32 bits per heavy atom. The minimum atomic E-state index is -0.272. The van der Waals surface area contributed by atoms with Gasteiger partial charge in [-0.15, -0.1) is 0 Å². The molecule has 0 bridgehead atoms. The van der Waals surface area contributed by atoms with Crippen LogP contribution in [-0.2, 0) is 19.0 Å². The standard InChI is InChI=1S/C14H29NO4/c1-4-6-9-18-11-12-19-10-7-13(14(16)17-3)15-8-5-2/h13,15H,4-12H2,1-3H3. The van der Waals surface area contributed by atoms with Crippen LogP contribution >= 0.6 is 0 Å². The summed E-state index contributed by atoms with van der Waals surface area (Å²) < 4.78 is 15.6. The molecule has 19 heavy (non-hydrogen) atoms. The van der Waals surface area contributed by atoms with Gasteiger partial charge in [-0.25, -0.2) is 0 Å². The number of unbranched alkanes of at least 4 members (excludes halogenated alkanes) is 1. The quantitative estimate of drug-likeness (QED) is 0.410. The zero-order valence-electron chi connectivity index (χ0n) is 12.6. The molecule has 0 aliphatic carbocycles. The first kappa shape index (κ1) is 18.4. The van der Waals surface area contributed by atoms with Gasteiger partial charge in [0.2, 0.25) is 0 Å². The van der Waals surface area contributed by atoms with Gasteiger partial charge in [-0.3, -0.25) is 4.79 Å². The van der Waals surface area contributed by atoms with Crippen LogP contribution in [0.2, 0.25) is 0 Å². The predicted molar refractivity (Wildman–Crippen MR) is 75.3 cm³/mol. The van der Waals surface area contributed by atoms with E-state index in [4.69, 9.17) is 14.2 Å². The van der Waals surface area contributed by atoms with Crippen molar-refractivity contribution < 1.29 is 19.0 Å². The molecule has 0 aromatic rings. The number of methoxy groups -OCH3 is 1. The Balaban J connectivity index is 3.55. The Hall–Kier alpha value is -0.650. The summed E-state index contributed by atoms with van der Waals surface area (Å²) in [5, 5.41) is 3.15. The van der Waals surface area contributed by atoms with Gasteiger partial charge in [-0.2, -0.15) is 0 Å². The number of hydrogen-bond acceptors (Lipinski definition) is 5. The number of rotatable bonds is 13. The highest BCUT2D eigenvalue weighted by Crippen LogP contribution is 1.97. The molecular weight excluding hydrogens is 246 g/mol. The van der Waals surface area contributed by atoms with Crippen LogP contribution in [0.1, 0.15) is 39.5 Å². The summed E-state index contributed by atoms with van der Waals surface area (Å²) in [4.78, 5) is 11.5. The van der Waals surface area contributed by atoms with Crippen molar-refractivity contribution in [1.82, 2.24) is 5.32 Å². The number of carbonyl (C=O) groups is 1. The monoisotopic (exact) mass is 275 g/mol. The first-order chi connectivity index (χ1) is 9.26. The highest BCUT2D eigenvalue weighted by atomic mass is 16.5. The van der Waals surface area contributed by atoms with Gasteiger partial charge >= 0.3 is 5.97 Å². The van der Waals surface area contributed by atoms with E-state index in [1.165, 1.54) is 7.11 Å². The van der Waals surface area contributed by atoms with E-state index in [9.17, 15) is 4.79 Å². The summed E-state index contributed by atoms with van der Waals surface area (Å²) in [5.74, 6) is -0.226. The van der Waals surface area contributed by atoms with Gasteiger partial charge in [0.1, 0.15) is 6.04 Å². The lowest BCUT2D eigenvalue weighted by Crippen LogP contribution is -2.39. The van der Waals surface area contributed by atoms with E-state index < -0.39 is 0 Å². The van der Waals surface area contributed by atoms with E-state index in [1.54, 1.807) is 0 Å². The molecule has 0 aliphatic rings. The molecule has 0 amide bonds. The normalized spacial score (nSPS) is 12.4. The summed E-state index contributed by atoms with van der Waals surface area (Å²) >= 11 is 0. The lowest BCUT2D eigenvalue weighted by atomic mass is 10.2. The SMILES string of the molecule is CCCCOCCOCCC(NCCC)C(=O)OC. The van der Waals surface area contributed by atoms with Crippen LogP contribution in [0.5, 0.6) is 0 Å². The number of hydrogen-bond donors (Lipinski definition) is 1. The molecule has 1 N–H and O–H groups in total. The van der Waals surface area contributed by atoms with Gasteiger partial charge in [-0.1, -0.05) is 20.3 Å². The van der Waals surface area contributed by atoms with Gasteiger partial charge in [-0.05, 0) is 25.8 Å². The van der Waals surface area contributed by atoms with Crippen LogP contribution in [0.25, 0.3) is 0 Å². The van der Waals surface area contributed by atoms with Crippen LogP contribution in [0.3, 0.4) is 0 Å². The summed E-state index contributed by atoms with van der Waals surface area (Å²) in [6.07, 6.45) is 3.84.